The average molecular weight is 399 g/mol. The van der Waals surface area contributed by atoms with Crippen molar-refractivity contribution >= 4 is 23.5 Å². The van der Waals surface area contributed by atoms with Gasteiger partial charge in [-0.15, -0.1) is 0 Å². The molecule has 0 radical (unpaired) electrons. The smallest absolute Gasteiger partial charge is 0.230 e. The maximum absolute atomic E-state index is 12.3. The highest BCUT2D eigenvalue weighted by molar-refractivity contribution is 7.99. The normalized spacial score (nSPS) is 17.9. The van der Waals surface area contributed by atoms with E-state index in [1.165, 1.54) is 30.2 Å². The van der Waals surface area contributed by atoms with Crippen molar-refractivity contribution in [1.29, 1.82) is 0 Å². The van der Waals surface area contributed by atoms with Crippen LogP contribution in [-0.4, -0.2) is 40.8 Å². The number of piperidine rings is 1. The lowest BCUT2D eigenvalue weighted by Gasteiger charge is -2.31. The molecule has 28 heavy (non-hydrogen) atoms. The largest absolute Gasteiger partial charge is 0.356 e. The van der Waals surface area contributed by atoms with Crippen LogP contribution in [0.4, 0.5) is 5.82 Å². The zero-order valence-corrected chi connectivity index (χ0v) is 17.6. The van der Waals surface area contributed by atoms with Crippen molar-refractivity contribution in [2.75, 3.05) is 23.7 Å². The Hall–Kier alpha value is -2.08. The molecule has 0 bridgehead atoms. The Morgan fingerprint density at radius 1 is 1.32 bits per heavy atom. The number of aryl methyl sites for hydroxylation is 1. The van der Waals surface area contributed by atoms with E-state index < -0.39 is 0 Å². The van der Waals surface area contributed by atoms with Crippen LogP contribution in [0.2, 0.25) is 0 Å². The molecule has 0 saturated carbocycles. The van der Waals surface area contributed by atoms with E-state index in [1.54, 1.807) is 6.33 Å². The van der Waals surface area contributed by atoms with Gasteiger partial charge in [-0.1, -0.05) is 49.0 Å². The van der Waals surface area contributed by atoms with Crippen LogP contribution in [-0.2, 0) is 11.2 Å². The molecule has 2 aromatic rings. The van der Waals surface area contributed by atoms with Crippen LogP contribution in [0.15, 0.2) is 47.8 Å². The van der Waals surface area contributed by atoms with Gasteiger partial charge in [0, 0.05) is 25.2 Å². The van der Waals surface area contributed by atoms with Crippen molar-refractivity contribution in [3.05, 3.63) is 48.3 Å². The third kappa shape index (κ3) is 6.51. The van der Waals surface area contributed by atoms with Gasteiger partial charge in [0.25, 0.3) is 0 Å². The number of anilines is 1. The zero-order valence-electron chi connectivity index (χ0n) is 16.8. The number of benzene rings is 1. The van der Waals surface area contributed by atoms with Crippen molar-refractivity contribution in [3.63, 3.8) is 0 Å². The number of hydrogen-bond donors (Lipinski definition) is 1. The van der Waals surface area contributed by atoms with Gasteiger partial charge in [-0.25, -0.2) is 9.97 Å². The molecule has 1 aromatic heterocycles. The van der Waals surface area contributed by atoms with Gasteiger partial charge in [-0.3, -0.25) is 4.79 Å². The molecule has 0 spiro atoms. The minimum atomic E-state index is 0.0531. The summed E-state index contributed by atoms with van der Waals surface area (Å²) in [6.45, 7) is 6.43. The van der Waals surface area contributed by atoms with Crippen LogP contribution in [0.5, 0.6) is 0 Å². The van der Waals surface area contributed by atoms with E-state index in [2.05, 4.69) is 58.3 Å². The van der Waals surface area contributed by atoms with Crippen LogP contribution >= 0.6 is 11.8 Å². The van der Waals surface area contributed by atoms with Crippen LogP contribution < -0.4 is 10.2 Å². The summed E-state index contributed by atoms with van der Waals surface area (Å²) in [7, 11) is 0. The van der Waals surface area contributed by atoms with Gasteiger partial charge in [-0.05, 0) is 44.1 Å². The molecule has 2 unspecified atom stereocenters. The fourth-order valence-electron chi connectivity index (χ4n) is 3.54. The van der Waals surface area contributed by atoms with E-state index in [4.69, 9.17) is 0 Å². The molecule has 2 atom stereocenters. The third-order valence-corrected chi connectivity index (χ3v) is 6.00. The molecular weight excluding hydrogens is 368 g/mol. The first-order valence-corrected chi connectivity index (χ1v) is 11.1. The maximum atomic E-state index is 12.3. The molecule has 1 N–H and O–H groups in total. The minimum Gasteiger partial charge on any atom is -0.356 e. The second-order valence-electron chi connectivity index (χ2n) is 7.69. The summed E-state index contributed by atoms with van der Waals surface area (Å²) < 4.78 is 0. The number of aromatic nitrogens is 2. The highest BCUT2D eigenvalue weighted by Gasteiger charge is 2.18. The van der Waals surface area contributed by atoms with E-state index in [0.29, 0.717) is 11.7 Å². The molecule has 5 nitrogen and oxygen atoms in total. The van der Waals surface area contributed by atoms with E-state index in [0.717, 1.165) is 36.8 Å². The first-order chi connectivity index (χ1) is 13.6. The summed E-state index contributed by atoms with van der Waals surface area (Å²) in [5.74, 6) is 2.10. The van der Waals surface area contributed by atoms with Gasteiger partial charge in [0.15, 0.2) is 0 Å². The van der Waals surface area contributed by atoms with Gasteiger partial charge in [-0.2, -0.15) is 0 Å². The van der Waals surface area contributed by atoms with Gasteiger partial charge < -0.3 is 10.2 Å². The predicted octanol–water partition coefficient (Wildman–Crippen LogP) is 3.94. The molecule has 1 aromatic carbocycles. The number of rotatable bonds is 8. The Kier molecular flexibility index (Phi) is 7.71. The Labute approximate surface area is 172 Å². The average Bonchev–Trinajstić information content (AvgIpc) is 2.72. The van der Waals surface area contributed by atoms with Crippen molar-refractivity contribution in [3.8, 4) is 0 Å². The van der Waals surface area contributed by atoms with E-state index in [9.17, 15) is 4.79 Å². The quantitative estimate of drug-likeness (QED) is 0.539. The summed E-state index contributed by atoms with van der Waals surface area (Å²) in [4.78, 5) is 23.4. The second-order valence-corrected chi connectivity index (χ2v) is 8.68. The van der Waals surface area contributed by atoms with Crippen molar-refractivity contribution < 1.29 is 4.79 Å². The number of thioether (sulfide) groups is 1. The van der Waals surface area contributed by atoms with E-state index in [-0.39, 0.29) is 11.9 Å². The first-order valence-electron chi connectivity index (χ1n) is 10.1. The highest BCUT2D eigenvalue weighted by Crippen LogP contribution is 2.24. The number of amides is 1. The summed E-state index contributed by atoms with van der Waals surface area (Å²) in [6.07, 6.45) is 6.00. The molecule has 1 saturated heterocycles. The third-order valence-electron chi connectivity index (χ3n) is 5.08. The van der Waals surface area contributed by atoms with E-state index >= 15 is 0 Å². The maximum Gasteiger partial charge on any atom is 0.230 e. The number of nitrogens with one attached hydrogen (secondary N) is 1. The van der Waals surface area contributed by atoms with Crippen molar-refractivity contribution in [2.45, 2.75) is 50.6 Å². The SMILES string of the molecule is CC1CCCN(c2cc(SCC(=O)NC(C)CCc3ccccc3)ncn2)C1. The van der Waals surface area contributed by atoms with Gasteiger partial charge >= 0.3 is 0 Å². The first kappa shape index (κ1) is 20.6. The topological polar surface area (TPSA) is 58.1 Å². The number of carbonyl (C=O) groups excluding carboxylic acids is 1. The Morgan fingerprint density at radius 2 is 2.14 bits per heavy atom. The Morgan fingerprint density at radius 3 is 2.93 bits per heavy atom. The molecule has 1 aliphatic heterocycles. The monoisotopic (exact) mass is 398 g/mol. The lowest BCUT2D eigenvalue weighted by Crippen LogP contribution is -2.35. The number of nitrogens with zero attached hydrogens (tertiary/aromatic N) is 3. The van der Waals surface area contributed by atoms with Crippen LogP contribution in [0.3, 0.4) is 0 Å². The molecule has 0 aliphatic carbocycles. The second kappa shape index (κ2) is 10.5. The van der Waals surface area contributed by atoms with Crippen molar-refractivity contribution in [2.24, 2.45) is 5.92 Å². The molecule has 6 heteroatoms. The molecule has 150 valence electrons. The number of carbonyl (C=O) groups is 1. The summed E-state index contributed by atoms with van der Waals surface area (Å²) in [5.41, 5.74) is 1.30. The molecule has 3 rings (SSSR count). The molecule has 1 amide bonds. The predicted molar refractivity (Wildman–Crippen MR) is 116 cm³/mol. The fourth-order valence-corrected chi connectivity index (χ4v) is 4.21. The van der Waals surface area contributed by atoms with Gasteiger partial charge in [0.05, 0.1) is 5.75 Å². The van der Waals surface area contributed by atoms with Gasteiger partial charge in [0.1, 0.15) is 17.2 Å². The molecule has 1 fully saturated rings. The Bertz CT molecular complexity index is 755. The number of hydrogen-bond acceptors (Lipinski definition) is 5. The van der Waals surface area contributed by atoms with Crippen LogP contribution in [0.25, 0.3) is 0 Å². The highest BCUT2D eigenvalue weighted by atomic mass is 32.2. The summed E-state index contributed by atoms with van der Waals surface area (Å²) in [6, 6.07) is 12.5. The molecule has 1 aliphatic rings. The minimum absolute atomic E-state index is 0.0531. The molecular formula is C22H30N4OS. The summed E-state index contributed by atoms with van der Waals surface area (Å²) in [5, 5.41) is 3.95. The standard InChI is InChI=1S/C22H30N4OS/c1-17-7-6-12-26(14-17)20-13-22(24-16-23-20)28-15-21(27)25-18(2)10-11-19-8-4-3-5-9-19/h3-5,8-9,13,16-18H,6-7,10-12,14-15H2,1-2H3,(H,25,27). The van der Waals surface area contributed by atoms with Crippen LogP contribution in [0, 0.1) is 5.92 Å². The lowest BCUT2D eigenvalue weighted by atomic mass is 10.0. The molecule has 2 heterocycles. The van der Waals surface area contributed by atoms with Gasteiger partial charge in [0.2, 0.25) is 5.91 Å². The van der Waals surface area contributed by atoms with Crippen molar-refractivity contribution in [1.82, 2.24) is 15.3 Å². The summed E-state index contributed by atoms with van der Waals surface area (Å²) >= 11 is 1.47. The lowest BCUT2D eigenvalue weighted by molar-refractivity contribution is -0.119. The van der Waals surface area contributed by atoms with Crippen LogP contribution in [0.1, 0.15) is 38.7 Å². The Balaban J connectivity index is 1.43. The zero-order chi connectivity index (χ0) is 19.8. The fraction of sp³-hybridized carbons (Fsp3) is 0.500. The van der Waals surface area contributed by atoms with E-state index in [1.807, 2.05) is 12.1 Å².